The molecule has 2 aromatic rings. The third kappa shape index (κ3) is 2.87. The van der Waals surface area contributed by atoms with Gasteiger partial charge in [0.25, 0.3) is 0 Å². The Morgan fingerprint density at radius 3 is 2.43 bits per heavy atom. The number of hydrogen-bond donors (Lipinski definition) is 1. The lowest BCUT2D eigenvalue weighted by Crippen LogP contribution is -2.59. The lowest BCUT2D eigenvalue weighted by Gasteiger charge is -2.59. The number of nitrogens with zero attached hydrogens (tertiary/aromatic N) is 3. The number of carbonyl (C=O) groups excluding carboxylic acids is 2. The summed E-state index contributed by atoms with van der Waals surface area (Å²) in [6.07, 6.45) is 11.8. The Morgan fingerprint density at radius 2 is 1.83 bits per heavy atom. The fourth-order valence-electron chi connectivity index (χ4n) is 6.65. The summed E-state index contributed by atoms with van der Waals surface area (Å²) < 4.78 is 19.9. The fraction of sp³-hybridized carbons (Fsp3) is 0.600. The molecule has 10 heteroatoms. The number of ether oxygens (including phenoxy) is 3. The van der Waals surface area contributed by atoms with E-state index in [1.165, 1.54) is 0 Å². The van der Waals surface area contributed by atoms with Crippen molar-refractivity contribution in [1.82, 2.24) is 14.5 Å². The summed E-state index contributed by atoms with van der Waals surface area (Å²) in [6, 6.07) is 1.77. The SMILES string of the molecule is C#C[C@]1(COC(=O)C23CC(C2)C3)O[C@@H](n2ccc3c(N)nc(Cl)nc32)C[C@@H]1OC(=O)C12CC(C1)C2. The van der Waals surface area contributed by atoms with Crippen LogP contribution in [0.2, 0.25) is 5.28 Å². The van der Waals surface area contributed by atoms with Crippen LogP contribution in [0.1, 0.15) is 51.2 Å². The molecule has 0 radical (unpaired) electrons. The molecule has 9 nitrogen and oxygen atoms in total. The predicted octanol–water partition coefficient (Wildman–Crippen LogP) is 3.01. The second-order valence-corrected chi connectivity index (χ2v) is 11.5. The molecule has 0 amide bonds. The van der Waals surface area contributed by atoms with Gasteiger partial charge in [-0.2, -0.15) is 4.98 Å². The molecule has 6 saturated carbocycles. The summed E-state index contributed by atoms with van der Waals surface area (Å²) in [5.41, 5.74) is 4.33. The van der Waals surface area contributed by atoms with Crippen molar-refractivity contribution in [2.75, 3.05) is 12.3 Å². The first-order chi connectivity index (χ1) is 16.7. The smallest absolute Gasteiger partial charge is 0.312 e. The molecule has 6 aliphatic carbocycles. The van der Waals surface area contributed by atoms with Crippen LogP contribution in [-0.2, 0) is 23.8 Å². The van der Waals surface area contributed by atoms with Crippen LogP contribution in [0.15, 0.2) is 12.3 Å². The molecular weight excluding hydrogens is 472 g/mol. The zero-order chi connectivity index (χ0) is 24.2. The number of esters is 2. The second-order valence-electron chi connectivity index (χ2n) is 11.2. The molecule has 7 aliphatic rings. The lowest BCUT2D eigenvalue weighted by atomic mass is 9.44. The highest BCUT2D eigenvalue weighted by atomic mass is 35.5. The normalized spacial score (nSPS) is 40.0. The zero-order valence-electron chi connectivity index (χ0n) is 19.0. The van der Waals surface area contributed by atoms with E-state index in [0.717, 1.165) is 38.5 Å². The monoisotopic (exact) mass is 496 g/mol. The third-order valence-electron chi connectivity index (χ3n) is 9.02. The van der Waals surface area contributed by atoms with Gasteiger partial charge < -0.3 is 24.5 Å². The lowest BCUT2D eigenvalue weighted by molar-refractivity contribution is -0.209. The van der Waals surface area contributed by atoms with Crippen LogP contribution in [0.3, 0.4) is 0 Å². The van der Waals surface area contributed by atoms with Gasteiger partial charge in [-0.05, 0) is 68.0 Å². The van der Waals surface area contributed by atoms with E-state index >= 15 is 0 Å². The molecule has 0 spiro atoms. The number of anilines is 1. The molecule has 35 heavy (non-hydrogen) atoms. The Hall–Kier alpha value is -2.83. The van der Waals surface area contributed by atoms with E-state index < -0.39 is 17.9 Å². The average molecular weight is 497 g/mol. The van der Waals surface area contributed by atoms with E-state index in [9.17, 15) is 9.59 Å². The maximum atomic E-state index is 13.1. The van der Waals surface area contributed by atoms with Crippen molar-refractivity contribution in [3.8, 4) is 12.3 Å². The van der Waals surface area contributed by atoms with Crippen LogP contribution in [0.5, 0.6) is 0 Å². The van der Waals surface area contributed by atoms with E-state index in [0.29, 0.717) is 22.9 Å². The maximum Gasteiger partial charge on any atom is 0.312 e. The topological polar surface area (TPSA) is 119 Å². The minimum Gasteiger partial charge on any atom is -0.461 e. The van der Waals surface area contributed by atoms with Crippen LogP contribution in [0, 0.1) is 35.0 Å². The molecule has 0 unspecified atom stereocenters. The molecule has 3 heterocycles. The summed E-state index contributed by atoms with van der Waals surface area (Å²) >= 11 is 6.05. The number of terminal acetylenes is 1. The van der Waals surface area contributed by atoms with Crippen molar-refractivity contribution in [2.24, 2.45) is 22.7 Å². The first-order valence-electron chi connectivity index (χ1n) is 12.1. The number of fused-ring (bicyclic) bond motifs is 1. The Labute approximate surface area is 206 Å². The van der Waals surface area contributed by atoms with Crippen molar-refractivity contribution in [3.05, 3.63) is 17.5 Å². The molecule has 3 atom stereocenters. The maximum absolute atomic E-state index is 13.1. The number of nitrogen functional groups attached to an aromatic ring is 1. The average Bonchev–Trinajstić information content (AvgIpc) is 3.23. The molecule has 7 fully saturated rings. The van der Waals surface area contributed by atoms with Crippen LogP contribution >= 0.6 is 11.6 Å². The van der Waals surface area contributed by atoms with E-state index in [4.69, 9.17) is 38.0 Å². The van der Waals surface area contributed by atoms with Gasteiger partial charge in [0.05, 0.1) is 16.2 Å². The Kier molecular flexibility index (Phi) is 4.22. The van der Waals surface area contributed by atoms with Gasteiger partial charge in [0, 0.05) is 12.6 Å². The fourth-order valence-corrected chi connectivity index (χ4v) is 6.82. The van der Waals surface area contributed by atoms with Crippen LogP contribution in [-0.4, -0.2) is 44.8 Å². The van der Waals surface area contributed by atoms with Crippen molar-refractivity contribution >= 4 is 40.4 Å². The molecule has 182 valence electrons. The van der Waals surface area contributed by atoms with E-state index in [-0.39, 0.29) is 46.9 Å². The highest BCUT2D eigenvalue weighted by molar-refractivity contribution is 6.28. The summed E-state index contributed by atoms with van der Waals surface area (Å²) in [5, 5.41) is 0.629. The van der Waals surface area contributed by atoms with E-state index in [1.807, 2.05) is 0 Å². The van der Waals surface area contributed by atoms with Crippen LogP contribution in [0.25, 0.3) is 11.0 Å². The molecule has 4 bridgehead atoms. The number of carbonyl (C=O) groups is 2. The first-order valence-corrected chi connectivity index (χ1v) is 12.5. The number of nitrogens with two attached hydrogens (primary N) is 1. The van der Waals surface area contributed by atoms with Gasteiger partial charge in [-0.15, -0.1) is 6.42 Å². The van der Waals surface area contributed by atoms with Gasteiger partial charge >= 0.3 is 11.9 Å². The largest absolute Gasteiger partial charge is 0.461 e. The number of hydrogen-bond acceptors (Lipinski definition) is 8. The van der Waals surface area contributed by atoms with Gasteiger partial charge in [-0.25, -0.2) is 4.98 Å². The minimum absolute atomic E-state index is 0.00949. The van der Waals surface area contributed by atoms with E-state index in [2.05, 4.69) is 15.9 Å². The second kappa shape index (κ2) is 6.89. The highest BCUT2D eigenvalue weighted by Crippen LogP contribution is 2.66. The van der Waals surface area contributed by atoms with Crippen LogP contribution in [0.4, 0.5) is 5.82 Å². The van der Waals surface area contributed by atoms with Crippen molar-refractivity contribution in [2.45, 2.75) is 62.9 Å². The van der Waals surface area contributed by atoms with Crippen molar-refractivity contribution < 1.29 is 23.8 Å². The molecule has 2 aromatic heterocycles. The first kappa shape index (κ1) is 21.5. The van der Waals surface area contributed by atoms with Gasteiger partial charge in [0.15, 0.2) is 0 Å². The van der Waals surface area contributed by atoms with Crippen molar-refractivity contribution in [1.29, 1.82) is 0 Å². The highest BCUT2D eigenvalue weighted by Gasteiger charge is 2.65. The predicted molar refractivity (Wildman–Crippen MR) is 124 cm³/mol. The van der Waals surface area contributed by atoms with E-state index in [1.54, 1.807) is 16.8 Å². The molecule has 0 aromatic carbocycles. The number of halogens is 1. The van der Waals surface area contributed by atoms with Gasteiger partial charge in [0.1, 0.15) is 30.4 Å². The summed E-state index contributed by atoms with van der Waals surface area (Å²) in [6.45, 7) is -0.185. The Balaban J connectivity index is 1.18. The summed E-state index contributed by atoms with van der Waals surface area (Å²) in [7, 11) is 0. The number of aromatic nitrogens is 3. The molecule has 2 N–H and O–H groups in total. The Bertz CT molecular complexity index is 1300. The van der Waals surface area contributed by atoms with Gasteiger partial charge in [-0.1, -0.05) is 5.92 Å². The van der Waals surface area contributed by atoms with Gasteiger partial charge in [0.2, 0.25) is 10.9 Å². The standard InChI is InChI=1S/C25H25ClN4O5/c1-2-25(12-33-20(31)23-6-13(7-23)8-23)16(34-21(32)24-9-14(10-24)11-24)5-17(35-25)30-4-3-15-18(27)28-22(26)29-19(15)30/h1,3-4,13-14,16-17H,5-12H2,(H2,27,28,29)/t13?,14?,16-,17+,23?,24?,25+/m0/s1. The Morgan fingerprint density at radius 1 is 1.17 bits per heavy atom. The third-order valence-corrected chi connectivity index (χ3v) is 9.19. The number of rotatable bonds is 6. The van der Waals surface area contributed by atoms with Gasteiger partial charge in [-0.3, -0.25) is 9.59 Å². The zero-order valence-corrected chi connectivity index (χ0v) is 19.8. The quantitative estimate of drug-likeness (QED) is 0.368. The van der Waals surface area contributed by atoms with Crippen LogP contribution < -0.4 is 5.73 Å². The molecular formula is C25H25ClN4O5. The summed E-state index contributed by atoms with van der Waals surface area (Å²) in [4.78, 5) is 34.2. The molecule has 1 aliphatic heterocycles. The minimum atomic E-state index is -1.41. The molecule has 1 saturated heterocycles. The summed E-state index contributed by atoms with van der Waals surface area (Å²) in [5.74, 6) is 3.71. The van der Waals surface area contributed by atoms with Crippen molar-refractivity contribution in [3.63, 3.8) is 0 Å². The molecule has 9 rings (SSSR count).